The van der Waals surface area contributed by atoms with Crippen LogP contribution in [0.2, 0.25) is 0 Å². The van der Waals surface area contributed by atoms with Gasteiger partial charge in [-0.2, -0.15) is 0 Å². The summed E-state index contributed by atoms with van der Waals surface area (Å²) in [5.41, 5.74) is 1.41. The van der Waals surface area contributed by atoms with Crippen molar-refractivity contribution in [3.8, 4) is 0 Å². The van der Waals surface area contributed by atoms with Gasteiger partial charge in [-0.3, -0.25) is 4.90 Å². The predicted molar refractivity (Wildman–Crippen MR) is 85.4 cm³/mol. The molecule has 1 aromatic heterocycles. The quantitative estimate of drug-likeness (QED) is 0.824. The molecule has 118 valence electrons. The van der Waals surface area contributed by atoms with Gasteiger partial charge in [-0.15, -0.1) is 0 Å². The molecule has 0 amide bonds. The van der Waals surface area contributed by atoms with Gasteiger partial charge in [-0.1, -0.05) is 6.92 Å². The molecule has 0 unspecified atom stereocenters. The number of hydrogen-bond acceptors (Lipinski definition) is 4. The first-order valence-corrected chi connectivity index (χ1v) is 8.43. The first-order valence-electron chi connectivity index (χ1n) is 8.43. The first kappa shape index (κ1) is 15.0. The SMILES string of the molecule is CCCN1CCc2ncc(CN3CCN(C)CC3)n2CC1. The van der Waals surface area contributed by atoms with E-state index in [-0.39, 0.29) is 0 Å². The van der Waals surface area contributed by atoms with Gasteiger partial charge in [0, 0.05) is 65.0 Å². The highest BCUT2D eigenvalue weighted by Crippen LogP contribution is 2.14. The van der Waals surface area contributed by atoms with Crippen molar-refractivity contribution in [1.29, 1.82) is 0 Å². The van der Waals surface area contributed by atoms with E-state index in [4.69, 9.17) is 4.98 Å². The third kappa shape index (κ3) is 3.65. The minimum Gasteiger partial charge on any atom is -0.329 e. The van der Waals surface area contributed by atoms with Crippen LogP contribution in [0.3, 0.4) is 0 Å². The van der Waals surface area contributed by atoms with E-state index in [2.05, 4.69) is 39.4 Å². The predicted octanol–water partition coefficient (Wildman–Crippen LogP) is 0.899. The summed E-state index contributed by atoms with van der Waals surface area (Å²) in [5.74, 6) is 1.29. The fourth-order valence-electron chi connectivity index (χ4n) is 3.44. The first-order chi connectivity index (χ1) is 10.3. The molecule has 0 aliphatic carbocycles. The maximum Gasteiger partial charge on any atom is 0.110 e. The fourth-order valence-corrected chi connectivity index (χ4v) is 3.44. The van der Waals surface area contributed by atoms with Crippen molar-refractivity contribution in [3.05, 3.63) is 17.7 Å². The smallest absolute Gasteiger partial charge is 0.110 e. The second kappa shape index (κ2) is 6.90. The van der Waals surface area contributed by atoms with E-state index >= 15 is 0 Å². The van der Waals surface area contributed by atoms with Gasteiger partial charge < -0.3 is 14.4 Å². The minimum absolute atomic E-state index is 1.06. The molecule has 0 N–H and O–H groups in total. The Bertz CT molecular complexity index is 448. The summed E-state index contributed by atoms with van der Waals surface area (Å²) in [4.78, 5) is 12.2. The number of fused-ring (bicyclic) bond motifs is 1. The molecular formula is C16H29N5. The summed E-state index contributed by atoms with van der Waals surface area (Å²) in [6.07, 6.45) is 4.46. The Balaban J connectivity index is 1.62. The normalized spacial score (nSPS) is 22.2. The molecule has 5 heteroatoms. The Kier molecular flexibility index (Phi) is 4.93. The molecule has 0 aromatic carbocycles. The number of hydrogen-bond donors (Lipinski definition) is 0. The van der Waals surface area contributed by atoms with Gasteiger partial charge in [0.25, 0.3) is 0 Å². The Morgan fingerprint density at radius 3 is 2.52 bits per heavy atom. The van der Waals surface area contributed by atoms with Gasteiger partial charge in [-0.05, 0) is 20.0 Å². The van der Waals surface area contributed by atoms with E-state index in [1.54, 1.807) is 0 Å². The lowest BCUT2D eigenvalue weighted by atomic mass is 10.3. The van der Waals surface area contributed by atoms with Crippen LogP contribution in [0.25, 0.3) is 0 Å². The molecular weight excluding hydrogens is 262 g/mol. The van der Waals surface area contributed by atoms with Crippen LogP contribution in [0.5, 0.6) is 0 Å². The average molecular weight is 291 g/mol. The second-order valence-corrected chi connectivity index (χ2v) is 6.49. The van der Waals surface area contributed by atoms with Crippen molar-refractivity contribution in [2.24, 2.45) is 0 Å². The molecule has 21 heavy (non-hydrogen) atoms. The molecule has 1 saturated heterocycles. The Morgan fingerprint density at radius 2 is 1.76 bits per heavy atom. The van der Waals surface area contributed by atoms with E-state index in [9.17, 15) is 0 Å². The number of aromatic nitrogens is 2. The number of imidazole rings is 1. The van der Waals surface area contributed by atoms with Crippen LogP contribution in [0.1, 0.15) is 24.9 Å². The molecule has 0 bridgehead atoms. The molecule has 0 atom stereocenters. The van der Waals surface area contributed by atoms with Crippen LogP contribution in [0.4, 0.5) is 0 Å². The molecule has 2 aliphatic rings. The van der Waals surface area contributed by atoms with Crippen molar-refractivity contribution in [2.45, 2.75) is 32.9 Å². The molecule has 0 radical (unpaired) electrons. The van der Waals surface area contributed by atoms with Gasteiger partial charge in [0.05, 0.1) is 5.69 Å². The lowest BCUT2D eigenvalue weighted by Crippen LogP contribution is -2.44. The summed E-state index contributed by atoms with van der Waals surface area (Å²) in [7, 11) is 2.21. The molecule has 1 aromatic rings. The second-order valence-electron chi connectivity index (χ2n) is 6.49. The number of nitrogens with zero attached hydrogens (tertiary/aromatic N) is 5. The maximum absolute atomic E-state index is 4.69. The highest BCUT2D eigenvalue weighted by Gasteiger charge is 2.20. The largest absolute Gasteiger partial charge is 0.329 e. The lowest BCUT2D eigenvalue weighted by molar-refractivity contribution is 0.145. The monoisotopic (exact) mass is 291 g/mol. The van der Waals surface area contributed by atoms with Crippen LogP contribution in [0, 0.1) is 0 Å². The lowest BCUT2D eigenvalue weighted by Gasteiger charge is -2.32. The van der Waals surface area contributed by atoms with E-state index in [1.165, 1.54) is 63.8 Å². The van der Waals surface area contributed by atoms with Gasteiger partial charge in [0.2, 0.25) is 0 Å². The summed E-state index contributed by atoms with van der Waals surface area (Å²) in [5, 5.41) is 0. The minimum atomic E-state index is 1.06. The summed E-state index contributed by atoms with van der Waals surface area (Å²) >= 11 is 0. The highest BCUT2D eigenvalue weighted by molar-refractivity contribution is 5.07. The zero-order valence-electron chi connectivity index (χ0n) is 13.6. The topological polar surface area (TPSA) is 27.5 Å². The Hall–Kier alpha value is -0.910. The van der Waals surface area contributed by atoms with E-state index in [0.29, 0.717) is 0 Å². The average Bonchev–Trinajstić information content (AvgIpc) is 2.74. The van der Waals surface area contributed by atoms with Gasteiger partial charge in [-0.25, -0.2) is 4.98 Å². The third-order valence-electron chi connectivity index (χ3n) is 4.83. The van der Waals surface area contributed by atoms with E-state index < -0.39 is 0 Å². The van der Waals surface area contributed by atoms with Crippen molar-refractivity contribution < 1.29 is 0 Å². The van der Waals surface area contributed by atoms with Crippen molar-refractivity contribution in [2.75, 3.05) is 52.9 Å². The summed E-state index contributed by atoms with van der Waals surface area (Å²) in [6.45, 7) is 12.7. The highest BCUT2D eigenvalue weighted by atomic mass is 15.3. The van der Waals surface area contributed by atoms with Crippen LogP contribution >= 0.6 is 0 Å². The number of piperazine rings is 1. The van der Waals surface area contributed by atoms with Crippen LogP contribution in [0.15, 0.2) is 6.20 Å². The molecule has 2 aliphatic heterocycles. The van der Waals surface area contributed by atoms with Gasteiger partial charge in [0.15, 0.2) is 0 Å². The Morgan fingerprint density at radius 1 is 1.00 bits per heavy atom. The molecule has 3 rings (SSSR count). The third-order valence-corrected chi connectivity index (χ3v) is 4.83. The van der Waals surface area contributed by atoms with E-state index in [1.807, 2.05) is 0 Å². The van der Waals surface area contributed by atoms with Gasteiger partial charge in [0.1, 0.15) is 5.82 Å². The number of likely N-dealkylation sites (N-methyl/N-ethyl adjacent to an activating group) is 1. The van der Waals surface area contributed by atoms with Crippen molar-refractivity contribution in [1.82, 2.24) is 24.3 Å². The standard InChI is InChI=1S/C16H29N5/c1-3-5-19-6-4-16-17-13-15(21(16)12-11-19)14-20-9-7-18(2)8-10-20/h13H,3-12,14H2,1-2H3. The van der Waals surface area contributed by atoms with Crippen LogP contribution in [-0.4, -0.2) is 77.1 Å². The molecule has 0 spiro atoms. The molecule has 5 nitrogen and oxygen atoms in total. The summed E-state index contributed by atoms with van der Waals surface area (Å²) < 4.78 is 2.48. The molecule has 0 saturated carbocycles. The van der Waals surface area contributed by atoms with E-state index in [0.717, 1.165) is 19.5 Å². The maximum atomic E-state index is 4.69. The zero-order valence-corrected chi connectivity index (χ0v) is 13.6. The number of rotatable bonds is 4. The molecule has 1 fully saturated rings. The fraction of sp³-hybridized carbons (Fsp3) is 0.812. The van der Waals surface area contributed by atoms with Crippen LogP contribution < -0.4 is 0 Å². The molecule has 3 heterocycles. The van der Waals surface area contributed by atoms with Crippen molar-refractivity contribution >= 4 is 0 Å². The zero-order chi connectivity index (χ0) is 14.7. The Labute approximate surface area is 128 Å². The van der Waals surface area contributed by atoms with Crippen LogP contribution in [-0.2, 0) is 19.5 Å². The van der Waals surface area contributed by atoms with Gasteiger partial charge >= 0.3 is 0 Å². The van der Waals surface area contributed by atoms with Crippen molar-refractivity contribution in [3.63, 3.8) is 0 Å². The summed E-state index contributed by atoms with van der Waals surface area (Å²) in [6, 6.07) is 0.